The van der Waals surface area contributed by atoms with Gasteiger partial charge in [0.15, 0.2) is 4.80 Å². The maximum absolute atomic E-state index is 4.80. The van der Waals surface area contributed by atoms with Crippen LogP contribution >= 0.6 is 11.3 Å². The Morgan fingerprint density at radius 3 is 2.75 bits per heavy atom. The van der Waals surface area contributed by atoms with Crippen molar-refractivity contribution >= 4 is 17.0 Å². The summed E-state index contributed by atoms with van der Waals surface area (Å²) in [5.74, 6) is 0. The Balaban J connectivity index is 2.10. The number of nitrogens with zero attached hydrogens (tertiary/aromatic N) is 3. The Hall–Kier alpha value is -2.20. The second-order valence-corrected chi connectivity index (χ2v) is 6.87. The summed E-state index contributed by atoms with van der Waals surface area (Å²) in [6, 6.07) is 10.6. The summed E-state index contributed by atoms with van der Waals surface area (Å²) in [6.45, 7) is 7.53. The van der Waals surface area contributed by atoms with Gasteiger partial charge in [0, 0.05) is 18.1 Å². The van der Waals surface area contributed by atoms with Gasteiger partial charge < -0.3 is 4.57 Å². The molecule has 0 saturated heterocycles. The number of pyridine rings is 1. The summed E-state index contributed by atoms with van der Waals surface area (Å²) in [5.41, 5.74) is 6.06. The van der Waals surface area contributed by atoms with E-state index in [2.05, 4.69) is 53.9 Å². The van der Waals surface area contributed by atoms with E-state index in [0.29, 0.717) is 0 Å². The molecular formula is C20H23N3S. The van der Waals surface area contributed by atoms with Gasteiger partial charge in [-0.1, -0.05) is 25.5 Å². The molecule has 1 aromatic carbocycles. The minimum absolute atomic E-state index is 0.899. The van der Waals surface area contributed by atoms with Crippen LogP contribution < -0.4 is 4.80 Å². The van der Waals surface area contributed by atoms with Crippen LogP contribution in [-0.2, 0) is 6.54 Å². The third-order valence-electron chi connectivity index (χ3n) is 4.21. The van der Waals surface area contributed by atoms with E-state index in [0.717, 1.165) is 23.5 Å². The number of aryl methyl sites for hydroxylation is 2. The lowest BCUT2D eigenvalue weighted by Gasteiger charge is -2.10. The van der Waals surface area contributed by atoms with Crippen molar-refractivity contribution < 1.29 is 0 Å². The molecule has 0 N–H and O–H groups in total. The average Bonchev–Trinajstić information content (AvgIpc) is 2.99. The predicted molar refractivity (Wildman–Crippen MR) is 102 cm³/mol. The van der Waals surface area contributed by atoms with E-state index in [1.54, 1.807) is 23.7 Å². The number of hydrogen-bond acceptors (Lipinski definition) is 3. The van der Waals surface area contributed by atoms with Crippen molar-refractivity contribution in [1.29, 1.82) is 0 Å². The van der Waals surface area contributed by atoms with Crippen molar-refractivity contribution in [2.24, 2.45) is 4.99 Å². The molecule has 0 aliphatic rings. The minimum Gasteiger partial charge on any atom is -0.316 e. The molecular weight excluding hydrogens is 314 g/mol. The number of benzene rings is 1. The van der Waals surface area contributed by atoms with Crippen LogP contribution in [0.5, 0.6) is 0 Å². The topological polar surface area (TPSA) is 30.2 Å². The lowest BCUT2D eigenvalue weighted by molar-refractivity contribution is 0.623. The zero-order chi connectivity index (χ0) is 16.9. The zero-order valence-electron chi connectivity index (χ0n) is 14.5. The van der Waals surface area contributed by atoms with Crippen LogP contribution in [0, 0.1) is 13.8 Å². The van der Waals surface area contributed by atoms with Gasteiger partial charge in [-0.2, -0.15) is 0 Å². The first-order valence-electron chi connectivity index (χ1n) is 8.39. The normalized spacial score (nSPS) is 11.9. The first-order valence-corrected chi connectivity index (χ1v) is 9.27. The highest BCUT2D eigenvalue weighted by atomic mass is 32.1. The van der Waals surface area contributed by atoms with Crippen LogP contribution in [0.4, 0.5) is 5.69 Å². The number of rotatable bonds is 5. The molecule has 3 rings (SSSR count). The standard InChI is InChI=1S/C20H23N3S/c1-4-5-11-23-19(17-9-8-15(2)16(3)12-17)14-24-20(23)22-18-7-6-10-21-13-18/h6-10,12-14H,4-5,11H2,1-3H3. The molecule has 2 heterocycles. The van der Waals surface area contributed by atoms with Crippen molar-refractivity contribution in [1.82, 2.24) is 9.55 Å². The third-order valence-corrected chi connectivity index (χ3v) is 5.07. The lowest BCUT2D eigenvalue weighted by atomic mass is 10.0. The van der Waals surface area contributed by atoms with Crippen molar-refractivity contribution in [2.45, 2.75) is 40.2 Å². The van der Waals surface area contributed by atoms with Gasteiger partial charge in [-0.15, -0.1) is 11.3 Å². The molecule has 0 aliphatic heterocycles. The largest absolute Gasteiger partial charge is 0.316 e. The Morgan fingerprint density at radius 2 is 2.04 bits per heavy atom. The van der Waals surface area contributed by atoms with E-state index < -0.39 is 0 Å². The van der Waals surface area contributed by atoms with Gasteiger partial charge in [0.05, 0.1) is 17.6 Å². The molecule has 3 aromatic rings. The van der Waals surface area contributed by atoms with E-state index in [4.69, 9.17) is 4.99 Å². The van der Waals surface area contributed by atoms with Crippen LogP contribution in [0.1, 0.15) is 30.9 Å². The number of hydrogen-bond donors (Lipinski definition) is 0. The van der Waals surface area contributed by atoms with E-state index in [-0.39, 0.29) is 0 Å². The second kappa shape index (κ2) is 7.58. The third kappa shape index (κ3) is 3.65. The van der Waals surface area contributed by atoms with Gasteiger partial charge in [-0.3, -0.25) is 4.98 Å². The fourth-order valence-corrected chi connectivity index (χ4v) is 3.57. The number of aromatic nitrogens is 2. The zero-order valence-corrected chi connectivity index (χ0v) is 15.3. The molecule has 0 amide bonds. The van der Waals surface area contributed by atoms with Crippen LogP contribution in [0.3, 0.4) is 0 Å². The first kappa shape index (κ1) is 16.7. The van der Waals surface area contributed by atoms with Crippen molar-refractivity contribution in [3.63, 3.8) is 0 Å². The highest BCUT2D eigenvalue weighted by Crippen LogP contribution is 2.23. The molecule has 0 unspecified atom stereocenters. The Labute approximate surface area is 147 Å². The molecule has 2 aromatic heterocycles. The van der Waals surface area contributed by atoms with Crippen LogP contribution in [-0.4, -0.2) is 9.55 Å². The maximum Gasteiger partial charge on any atom is 0.190 e. The van der Waals surface area contributed by atoms with E-state index in [1.165, 1.54) is 28.8 Å². The SMILES string of the molecule is CCCCn1c(-c2ccc(C)c(C)c2)csc1=Nc1cccnc1. The smallest absolute Gasteiger partial charge is 0.190 e. The molecule has 0 radical (unpaired) electrons. The van der Waals surface area contributed by atoms with Crippen LogP contribution in [0.2, 0.25) is 0 Å². The molecule has 24 heavy (non-hydrogen) atoms. The number of thiazole rings is 1. The van der Waals surface area contributed by atoms with Gasteiger partial charge in [0.25, 0.3) is 0 Å². The average molecular weight is 337 g/mol. The summed E-state index contributed by atoms with van der Waals surface area (Å²) in [6.07, 6.45) is 5.90. The molecule has 0 spiro atoms. The summed E-state index contributed by atoms with van der Waals surface area (Å²) in [5, 5.41) is 2.22. The summed E-state index contributed by atoms with van der Waals surface area (Å²) < 4.78 is 2.34. The fraction of sp³-hybridized carbons (Fsp3) is 0.300. The Bertz CT molecular complexity index is 875. The van der Waals surface area contributed by atoms with Gasteiger partial charge in [0.1, 0.15) is 0 Å². The molecule has 124 valence electrons. The first-order chi connectivity index (χ1) is 11.7. The van der Waals surface area contributed by atoms with Gasteiger partial charge in [0.2, 0.25) is 0 Å². The molecule has 0 atom stereocenters. The molecule has 3 nitrogen and oxygen atoms in total. The summed E-state index contributed by atoms with van der Waals surface area (Å²) >= 11 is 1.69. The quantitative estimate of drug-likeness (QED) is 0.624. The number of unbranched alkanes of at least 4 members (excludes halogenated alkanes) is 1. The molecule has 0 saturated carbocycles. The molecule has 0 fully saturated rings. The van der Waals surface area contributed by atoms with E-state index >= 15 is 0 Å². The summed E-state index contributed by atoms with van der Waals surface area (Å²) in [7, 11) is 0. The van der Waals surface area contributed by atoms with Crippen molar-refractivity contribution in [3.05, 3.63) is 64.0 Å². The summed E-state index contributed by atoms with van der Waals surface area (Å²) in [4.78, 5) is 9.99. The maximum atomic E-state index is 4.80. The van der Waals surface area contributed by atoms with Gasteiger partial charge in [-0.05, 0) is 55.2 Å². The Morgan fingerprint density at radius 1 is 1.17 bits per heavy atom. The highest BCUT2D eigenvalue weighted by molar-refractivity contribution is 7.07. The second-order valence-electron chi connectivity index (χ2n) is 6.03. The lowest BCUT2D eigenvalue weighted by Crippen LogP contribution is -2.16. The van der Waals surface area contributed by atoms with Gasteiger partial charge in [-0.25, -0.2) is 4.99 Å². The predicted octanol–water partition coefficient (Wildman–Crippen LogP) is 5.26. The van der Waals surface area contributed by atoms with Gasteiger partial charge >= 0.3 is 0 Å². The highest BCUT2D eigenvalue weighted by Gasteiger charge is 2.09. The van der Waals surface area contributed by atoms with E-state index in [9.17, 15) is 0 Å². The Kier molecular flexibility index (Phi) is 5.26. The van der Waals surface area contributed by atoms with Crippen molar-refractivity contribution in [2.75, 3.05) is 0 Å². The molecule has 0 bridgehead atoms. The van der Waals surface area contributed by atoms with Crippen LogP contribution in [0.15, 0.2) is 53.1 Å². The van der Waals surface area contributed by atoms with E-state index in [1.807, 2.05) is 12.1 Å². The fourth-order valence-electron chi connectivity index (χ4n) is 2.61. The monoisotopic (exact) mass is 337 g/mol. The van der Waals surface area contributed by atoms with Crippen molar-refractivity contribution in [3.8, 4) is 11.3 Å². The van der Waals surface area contributed by atoms with Crippen LogP contribution in [0.25, 0.3) is 11.3 Å². The minimum atomic E-state index is 0.899. The molecule has 4 heteroatoms. The molecule has 0 aliphatic carbocycles.